The quantitative estimate of drug-likeness (QED) is 0.575. The van der Waals surface area contributed by atoms with Crippen LogP contribution in [0, 0.1) is 13.8 Å². The van der Waals surface area contributed by atoms with E-state index < -0.39 is 0 Å². The highest BCUT2D eigenvalue weighted by atomic mass is 16.5. The van der Waals surface area contributed by atoms with E-state index in [1.807, 2.05) is 39.8 Å². The van der Waals surface area contributed by atoms with Gasteiger partial charge < -0.3 is 4.74 Å². The fourth-order valence-corrected chi connectivity index (χ4v) is 1.44. The molecule has 0 saturated carbocycles. The Morgan fingerprint density at radius 3 is 2.56 bits per heavy atom. The number of ether oxygens (including phenoxy) is 1. The molecule has 0 spiro atoms. The Bertz CT molecular complexity index is 403. The third-order valence-electron chi connectivity index (χ3n) is 2.18. The number of rotatable bonds is 3. The molecule has 1 rings (SSSR count). The molecular weight excluding hydrogens is 200 g/mol. The third kappa shape index (κ3) is 3.89. The summed E-state index contributed by atoms with van der Waals surface area (Å²) in [5.41, 5.74) is 3.43. The minimum absolute atomic E-state index is 0.0729. The molecule has 1 aromatic rings. The fourth-order valence-electron chi connectivity index (χ4n) is 1.44. The van der Waals surface area contributed by atoms with Crippen molar-refractivity contribution in [3.05, 3.63) is 41.0 Å². The normalized spacial score (nSPS) is 11.1. The summed E-state index contributed by atoms with van der Waals surface area (Å²) < 4.78 is 5.01. The van der Waals surface area contributed by atoms with Crippen molar-refractivity contribution < 1.29 is 9.53 Å². The van der Waals surface area contributed by atoms with Crippen LogP contribution in [0.4, 0.5) is 0 Å². The van der Waals surface area contributed by atoms with Crippen molar-refractivity contribution in [2.75, 3.05) is 0 Å². The Morgan fingerprint density at radius 2 is 2.00 bits per heavy atom. The van der Waals surface area contributed by atoms with Crippen LogP contribution in [-0.2, 0) is 9.53 Å². The number of carbonyl (C=O) groups is 1. The summed E-state index contributed by atoms with van der Waals surface area (Å²) in [5, 5.41) is 0. The lowest BCUT2D eigenvalue weighted by Gasteiger charge is -2.04. The first-order chi connectivity index (χ1) is 7.49. The van der Waals surface area contributed by atoms with Crippen molar-refractivity contribution in [2.24, 2.45) is 0 Å². The van der Waals surface area contributed by atoms with Crippen LogP contribution >= 0.6 is 0 Å². The minimum Gasteiger partial charge on any atom is -0.460 e. The van der Waals surface area contributed by atoms with Gasteiger partial charge in [0.1, 0.15) is 0 Å². The van der Waals surface area contributed by atoms with E-state index >= 15 is 0 Å². The van der Waals surface area contributed by atoms with E-state index in [4.69, 9.17) is 4.74 Å². The Morgan fingerprint density at radius 1 is 1.31 bits per heavy atom. The maximum Gasteiger partial charge on any atom is 0.331 e. The molecule has 0 amide bonds. The monoisotopic (exact) mass is 218 g/mol. The highest BCUT2D eigenvalue weighted by Crippen LogP contribution is 2.12. The van der Waals surface area contributed by atoms with E-state index in [-0.39, 0.29) is 12.1 Å². The molecule has 0 N–H and O–H groups in total. The van der Waals surface area contributed by atoms with Crippen LogP contribution in [0.25, 0.3) is 6.08 Å². The Balaban J connectivity index is 2.73. The summed E-state index contributed by atoms with van der Waals surface area (Å²) in [5.74, 6) is -0.296. The molecule has 1 aromatic carbocycles. The highest BCUT2D eigenvalue weighted by molar-refractivity contribution is 5.87. The molecule has 2 nitrogen and oxygen atoms in total. The lowest BCUT2D eigenvalue weighted by atomic mass is 10.1. The molecule has 16 heavy (non-hydrogen) atoms. The average Bonchev–Trinajstić information content (AvgIpc) is 2.15. The summed E-state index contributed by atoms with van der Waals surface area (Å²) in [6, 6.07) is 6.12. The molecule has 0 bridgehead atoms. The van der Waals surface area contributed by atoms with E-state index in [9.17, 15) is 4.79 Å². The van der Waals surface area contributed by atoms with Crippen LogP contribution in [-0.4, -0.2) is 12.1 Å². The van der Waals surface area contributed by atoms with Gasteiger partial charge in [0.25, 0.3) is 0 Å². The third-order valence-corrected chi connectivity index (χ3v) is 2.18. The number of hydrogen-bond donors (Lipinski definition) is 0. The predicted octanol–water partition coefficient (Wildman–Crippen LogP) is 3.27. The molecule has 86 valence electrons. The van der Waals surface area contributed by atoms with Crippen LogP contribution in [0.1, 0.15) is 30.5 Å². The van der Waals surface area contributed by atoms with E-state index in [2.05, 4.69) is 6.07 Å². The van der Waals surface area contributed by atoms with E-state index in [0.29, 0.717) is 0 Å². The van der Waals surface area contributed by atoms with Crippen LogP contribution in [0.3, 0.4) is 0 Å². The van der Waals surface area contributed by atoms with Crippen molar-refractivity contribution in [3.8, 4) is 0 Å². The zero-order valence-electron chi connectivity index (χ0n) is 10.3. The number of benzene rings is 1. The first-order valence-electron chi connectivity index (χ1n) is 5.45. The molecule has 0 radical (unpaired) electrons. The second kappa shape index (κ2) is 5.50. The molecule has 0 saturated heterocycles. The summed E-state index contributed by atoms with van der Waals surface area (Å²) in [6.45, 7) is 7.75. The number of hydrogen-bond acceptors (Lipinski definition) is 2. The number of esters is 1. The molecule has 0 fully saturated rings. The molecule has 0 aliphatic rings. The lowest BCUT2D eigenvalue weighted by Crippen LogP contribution is -2.08. The van der Waals surface area contributed by atoms with E-state index in [0.717, 1.165) is 11.1 Å². The SMILES string of the molecule is Cc1ccc(C=CC(=O)OC(C)C)c(C)c1. The molecule has 2 heteroatoms. The predicted molar refractivity (Wildman–Crippen MR) is 66.2 cm³/mol. The van der Waals surface area contributed by atoms with E-state index in [1.54, 1.807) is 6.08 Å². The van der Waals surface area contributed by atoms with Gasteiger partial charge in [0.2, 0.25) is 0 Å². The van der Waals surface area contributed by atoms with Gasteiger partial charge in [0.15, 0.2) is 0 Å². The number of aryl methyl sites for hydroxylation is 2. The van der Waals surface area contributed by atoms with Gasteiger partial charge in [-0.25, -0.2) is 4.79 Å². The average molecular weight is 218 g/mol. The van der Waals surface area contributed by atoms with Crippen LogP contribution in [0.15, 0.2) is 24.3 Å². The summed E-state index contributed by atoms with van der Waals surface area (Å²) in [7, 11) is 0. The minimum atomic E-state index is -0.296. The maximum absolute atomic E-state index is 11.3. The van der Waals surface area contributed by atoms with Crippen molar-refractivity contribution in [1.29, 1.82) is 0 Å². The van der Waals surface area contributed by atoms with Gasteiger partial charge in [-0.05, 0) is 44.9 Å². The molecule has 0 aliphatic heterocycles. The second-order valence-corrected chi connectivity index (χ2v) is 4.18. The van der Waals surface area contributed by atoms with Crippen molar-refractivity contribution in [1.82, 2.24) is 0 Å². The van der Waals surface area contributed by atoms with Crippen LogP contribution in [0.2, 0.25) is 0 Å². The summed E-state index contributed by atoms with van der Waals surface area (Å²) in [6.07, 6.45) is 3.19. The van der Waals surface area contributed by atoms with Crippen LogP contribution in [0.5, 0.6) is 0 Å². The van der Waals surface area contributed by atoms with Crippen molar-refractivity contribution in [2.45, 2.75) is 33.8 Å². The first kappa shape index (κ1) is 12.5. The van der Waals surface area contributed by atoms with Crippen molar-refractivity contribution in [3.63, 3.8) is 0 Å². The second-order valence-electron chi connectivity index (χ2n) is 4.18. The Labute approximate surface area is 96.9 Å². The van der Waals surface area contributed by atoms with Gasteiger partial charge in [-0.3, -0.25) is 0 Å². The zero-order valence-corrected chi connectivity index (χ0v) is 10.3. The Hall–Kier alpha value is -1.57. The largest absolute Gasteiger partial charge is 0.460 e. The lowest BCUT2D eigenvalue weighted by molar-refractivity contribution is -0.141. The first-order valence-corrected chi connectivity index (χ1v) is 5.45. The summed E-state index contributed by atoms with van der Waals surface area (Å²) in [4.78, 5) is 11.3. The smallest absolute Gasteiger partial charge is 0.331 e. The number of carbonyl (C=O) groups excluding carboxylic acids is 1. The molecule has 0 atom stereocenters. The molecule has 0 unspecified atom stereocenters. The molecular formula is C14H18O2. The van der Waals surface area contributed by atoms with Gasteiger partial charge in [-0.15, -0.1) is 0 Å². The standard InChI is InChI=1S/C14H18O2/c1-10(2)16-14(15)8-7-13-6-5-11(3)9-12(13)4/h5-10H,1-4H3. The fraction of sp³-hybridized carbons (Fsp3) is 0.357. The molecule has 0 heterocycles. The van der Waals surface area contributed by atoms with E-state index in [1.165, 1.54) is 11.6 Å². The zero-order chi connectivity index (χ0) is 12.1. The topological polar surface area (TPSA) is 26.3 Å². The van der Waals surface area contributed by atoms with Gasteiger partial charge >= 0.3 is 5.97 Å². The molecule has 0 aromatic heterocycles. The maximum atomic E-state index is 11.3. The van der Waals surface area contributed by atoms with Gasteiger partial charge in [-0.2, -0.15) is 0 Å². The van der Waals surface area contributed by atoms with Gasteiger partial charge in [0, 0.05) is 6.08 Å². The van der Waals surface area contributed by atoms with Gasteiger partial charge in [0.05, 0.1) is 6.10 Å². The highest BCUT2D eigenvalue weighted by Gasteiger charge is 2.00. The molecule has 0 aliphatic carbocycles. The Kier molecular flexibility index (Phi) is 4.29. The van der Waals surface area contributed by atoms with Crippen LogP contribution < -0.4 is 0 Å². The van der Waals surface area contributed by atoms with Crippen molar-refractivity contribution >= 4 is 12.0 Å². The summed E-state index contributed by atoms with van der Waals surface area (Å²) >= 11 is 0. The van der Waals surface area contributed by atoms with Gasteiger partial charge in [-0.1, -0.05) is 23.8 Å².